The highest BCUT2D eigenvalue weighted by molar-refractivity contribution is 5.96. The van der Waals surface area contributed by atoms with Gasteiger partial charge in [-0.3, -0.25) is 10.3 Å². The highest BCUT2D eigenvalue weighted by atomic mass is 16.5. The molecule has 1 amide bonds. The minimum absolute atomic E-state index is 0.121. The number of rotatable bonds is 2. The maximum atomic E-state index is 10.9. The number of amidine groups is 1. The van der Waals surface area contributed by atoms with Gasteiger partial charge in [-0.15, -0.1) is 0 Å². The fourth-order valence-electron chi connectivity index (χ4n) is 3.24. The molecule has 0 bridgehead atoms. The number of nitrogens with zero attached hydrogens (tertiary/aromatic N) is 1. The second kappa shape index (κ2) is 7.16. The van der Waals surface area contributed by atoms with Crippen molar-refractivity contribution in [1.82, 2.24) is 5.32 Å². The summed E-state index contributed by atoms with van der Waals surface area (Å²) in [5.74, 6) is 0.330. The Morgan fingerprint density at radius 2 is 1.85 bits per heavy atom. The first-order valence-electron chi connectivity index (χ1n) is 9.05. The van der Waals surface area contributed by atoms with E-state index >= 15 is 0 Å². The van der Waals surface area contributed by atoms with Gasteiger partial charge in [-0.25, -0.2) is 4.79 Å². The molecule has 0 aromatic heterocycles. The van der Waals surface area contributed by atoms with Crippen molar-refractivity contribution in [3.05, 3.63) is 59.7 Å². The van der Waals surface area contributed by atoms with Crippen molar-refractivity contribution in [3.63, 3.8) is 0 Å². The van der Waals surface area contributed by atoms with Crippen LogP contribution in [0.25, 0.3) is 11.1 Å². The molecule has 0 saturated carbocycles. The summed E-state index contributed by atoms with van der Waals surface area (Å²) >= 11 is 0. The Kier molecular flexibility index (Phi) is 5.07. The number of aliphatic imine (C=N–C) groups is 1. The lowest BCUT2D eigenvalue weighted by atomic mass is 9.85. The predicted octanol–water partition coefficient (Wildman–Crippen LogP) is 4.56. The van der Waals surface area contributed by atoms with Crippen LogP contribution in [0.3, 0.4) is 0 Å². The van der Waals surface area contributed by atoms with E-state index in [0.717, 1.165) is 16.7 Å². The summed E-state index contributed by atoms with van der Waals surface area (Å²) in [5.41, 5.74) is 4.02. The van der Waals surface area contributed by atoms with E-state index in [0.29, 0.717) is 12.4 Å². The molecule has 0 fully saturated rings. The van der Waals surface area contributed by atoms with E-state index in [-0.39, 0.29) is 12.0 Å². The van der Waals surface area contributed by atoms with Gasteiger partial charge in [-0.1, -0.05) is 63.2 Å². The lowest BCUT2D eigenvalue weighted by molar-refractivity contribution is 0.104. The summed E-state index contributed by atoms with van der Waals surface area (Å²) in [5, 5.41) is 11.2. The maximum Gasteiger partial charge on any atom is 0.410 e. The molecule has 0 spiro atoms. The fraction of sp³-hybridized carbons (Fsp3) is 0.364. The van der Waals surface area contributed by atoms with Gasteiger partial charge in [-0.2, -0.15) is 0 Å². The van der Waals surface area contributed by atoms with Crippen LogP contribution in [0.5, 0.6) is 0 Å². The lowest BCUT2D eigenvalue weighted by Crippen LogP contribution is -2.42. The third kappa shape index (κ3) is 4.37. The second-order valence-corrected chi connectivity index (χ2v) is 8.16. The Morgan fingerprint density at radius 1 is 1.15 bits per heavy atom. The molecule has 1 aliphatic heterocycles. The number of amides is 1. The van der Waals surface area contributed by atoms with Crippen molar-refractivity contribution >= 4 is 11.9 Å². The lowest BCUT2D eigenvalue weighted by Gasteiger charge is -2.31. The van der Waals surface area contributed by atoms with Crippen LogP contribution in [0.4, 0.5) is 4.79 Å². The van der Waals surface area contributed by atoms with Gasteiger partial charge in [0.05, 0.1) is 6.61 Å². The fourth-order valence-corrected chi connectivity index (χ4v) is 3.24. The van der Waals surface area contributed by atoms with Gasteiger partial charge in [0, 0.05) is 0 Å². The molecule has 142 valence electrons. The summed E-state index contributed by atoms with van der Waals surface area (Å²) < 4.78 is 5.60. The van der Waals surface area contributed by atoms with Gasteiger partial charge in [-0.05, 0) is 40.7 Å². The minimum atomic E-state index is -1.13. The van der Waals surface area contributed by atoms with Gasteiger partial charge in [0.2, 0.25) is 0 Å². The molecule has 1 atom stereocenters. The topological polar surface area (TPSA) is 70.9 Å². The normalized spacial score (nSPS) is 20.1. The van der Waals surface area contributed by atoms with E-state index in [1.165, 1.54) is 5.56 Å². The first-order valence-corrected chi connectivity index (χ1v) is 9.05. The average Bonchev–Trinajstić information content (AvgIpc) is 2.61. The molecular formula is C22H26N2O3. The molecule has 2 N–H and O–H groups in total. The van der Waals surface area contributed by atoms with Gasteiger partial charge in [0.25, 0.3) is 0 Å². The van der Waals surface area contributed by atoms with Crippen molar-refractivity contribution in [2.75, 3.05) is 13.2 Å². The zero-order valence-corrected chi connectivity index (χ0v) is 16.2. The highest BCUT2D eigenvalue weighted by Crippen LogP contribution is 2.32. The van der Waals surface area contributed by atoms with Gasteiger partial charge in [0.15, 0.2) is 0 Å². The van der Waals surface area contributed by atoms with Crippen LogP contribution in [-0.4, -0.2) is 30.2 Å². The number of ether oxygens (including phenoxy) is 1. The van der Waals surface area contributed by atoms with E-state index in [4.69, 9.17) is 9.84 Å². The van der Waals surface area contributed by atoms with Gasteiger partial charge < -0.3 is 9.84 Å². The molecule has 0 radical (unpaired) electrons. The minimum Gasteiger partial charge on any atom is -0.465 e. The molecule has 1 heterocycles. The van der Waals surface area contributed by atoms with Crippen LogP contribution in [0.1, 0.15) is 38.8 Å². The Balaban J connectivity index is 1.92. The standard InChI is InChI=1S/C22H26N2O3/c1-21(2,3)17-10-8-15(9-11-17)16-6-5-7-18(12-16)22(4)14-27-13-19(24-22)23-20(25)26/h5-12H,13-14H2,1-4H3,(H,23,24)(H,25,26). The Hall–Kier alpha value is -2.66. The van der Waals surface area contributed by atoms with Crippen LogP contribution in [0, 0.1) is 0 Å². The molecule has 1 aliphatic rings. The first-order chi connectivity index (χ1) is 12.7. The van der Waals surface area contributed by atoms with Crippen LogP contribution >= 0.6 is 0 Å². The Labute approximate surface area is 160 Å². The molecule has 0 saturated heterocycles. The van der Waals surface area contributed by atoms with E-state index in [1.807, 2.05) is 19.1 Å². The van der Waals surface area contributed by atoms with Crippen molar-refractivity contribution in [3.8, 4) is 11.1 Å². The third-order valence-electron chi connectivity index (χ3n) is 4.82. The summed E-state index contributed by atoms with van der Waals surface area (Å²) in [6, 6.07) is 16.8. The van der Waals surface area contributed by atoms with Crippen LogP contribution in [-0.2, 0) is 15.7 Å². The molecule has 0 aliphatic carbocycles. The second-order valence-electron chi connectivity index (χ2n) is 8.16. The third-order valence-corrected chi connectivity index (χ3v) is 4.82. The predicted molar refractivity (Wildman–Crippen MR) is 107 cm³/mol. The summed E-state index contributed by atoms with van der Waals surface area (Å²) in [7, 11) is 0. The number of nitrogens with one attached hydrogen (secondary N) is 1. The highest BCUT2D eigenvalue weighted by Gasteiger charge is 2.31. The van der Waals surface area contributed by atoms with E-state index in [2.05, 4.69) is 67.5 Å². The van der Waals surface area contributed by atoms with Gasteiger partial charge >= 0.3 is 6.09 Å². The average molecular weight is 366 g/mol. The summed E-state index contributed by atoms with van der Waals surface area (Å²) in [6.07, 6.45) is -1.13. The van der Waals surface area contributed by atoms with Crippen LogP contribution in [0.2, 0.25) is 0 Å². The van der Waals surface area contributed by atoms with Gasteiger partial charge in [0.1, 0.15) is 18.0 Å². The molecule has 1 unspecified atom stereocenters. The smallest absolute Gasteiger partial charge is 0.410 e. The number of carboxylic acid groups (broad SMARTS) is 1. The molecule has 2 aromatic rings. The molecule has 5 nitrogen and oxygen atoms in total. The van der Waals surface area contributed by atoms with E-state index in [9.17, 15) is 4.79 Å². The number of hydrogen-bond acceptors (Lipinski definition) is 3. The zero-order valence-electron chi connectivity index (χ0n) is 16.2. The molecule has 27 heavy (non-hydrogen) atoms. The van der Waals surface area contributed by atoms with Crippen molar-refractivity contribution < 1.29 is 14.6 Å². The first kappa shape index (κ1) is 19.1. The zero-order chi connectivity index (χ0) is 19.7. The monoisotopic (exact) mass is 366 g/mol. The van der Waals surface area contributed by atoms with Crippen molar-refractivity contribution in [2.45, 2.75) is 38.6 Å². The maximum absolute atomic E-state index is 10.9. The van der Waals surface area contributed by atoms with Crippen LogP contribution in [0.15, 0.2) is 53.5 Å². The molecule has 3 rings (SSSR count). The number of carbonyl (C=O) groups is 1. The number of hydrogen-bond donors (Lipinski definition) is 2. The summed E-state index contributed by atoms with van der Waals surface area (Å²) in [4.78, 5) is 15.5. The van der Waals surface area contributed by atoms with Crippen molar-refractivity contribution in [2.24, 2.45) is 4.99 Å². The number of benzene rings is 2. The Morgan fingerprint density at radius 3 is 2.48 bits per heavy atom. The molecular weight excluding hydrogens is 340 g/mol. The van der Waals surface area contributed by atoms with Crippen LogP contribution < -0.4 is 5.32 Å². The Bertz CT molecular complexity index is 866. The molecule has 2 aromatic carbocycles. The van der Waals surface area contributed by atoms with Crippen molar-refractivity contribution in [1.29, 1.82) is 0 Å². The SMILES string of the molecule is CC(C)(C)c1ccc(-c2cccc(C3(C)COCC(NC(=O)O)=N3)c2)cc1. The molecule has 5 heteroatoms. The summed E-state index contributed by atoms with van der Waals surface area (Å²) in [6.45, 7) is 9.14. The quantitative estimate of drug-likeness (QED) is 0.818. The van der Waals surface area contributed by atoms with E-state index in [1.54, 1.807) is 0 Å². The van der Waals surface area contributed by atoms with E-state index < -0.39 is 11.6 Å². The largest absolute Gasteiger partial charge is 0.465 e.